The van der Waals surface area contributed by atoms with Crippen molar-refractivity contribution in [2.45, 2.75) is 9.92 Å². The van der Waals surface area contributed by atoms with Crippen LogP contribution in [0.1, 0.15) is 0 Å². The van der Waals surface area contributed by atoms with Crippen LogP contribution in [0.5, 0.6) is 5.75 Å². The van der Waals surface area contributed by atoms with Crippen LogP contribution in [0.4, 0.5) is 5.95 Å². The summed E-state index contributed by atoms with van der Waals surface area (Å²) in [6, 6.07) is 9.59. The van der Waals surface area contributed by atoms with Gasteiger partial charge in [-0.25, -0.2) is 15.8 Å². The Labute approximate surface area is 103 Å². The Bertz CT molecular complexity index is 489. The van der Waals surface area contributed by atoms with E-state index in [9.17, 15) is 0 Å². The fourth-order valence-corrected chi connectivity index (χ4v) is 2.01. The molecule has 1 aromatic carbocycles. The Morgan fingerprint density at radius 2 is 2.00 bits per heavy atom. The third-order valence-electron chi connectivity index (χ3n) is 2.04. The molecular weight excluding hydrogens is 236 g/mol. The van der Waals surface area contributed by atoms with E-state index in [1.165, 1.54) is 11.8 Å². The minimum atomic E-state index is 0.406. The van der Waals surface area contributed by atoms with Crippen LogP contribution in [0.2, 0.25) is 0 Å². The fourth-order valence-electron chi connectivity index (χ4n) is 1.23. The van der Waals surface area contributed by atoms with Gasteiger partial charge in [0.15, 0.2) is 0 Å². The molecule has 1 heterocycles. The molecule has 0 aliphatic rings. The normalized spacial score (nSPS) is 10.0. The molecule has 0 bridgehead atoms. The minimum absolute atomic E-state index is 0.406. The molecule has 0 spiro atoms. The van der Waals surface area contributed by atoms with Crippen molar-refractivity contribution in [3.05, 3.63) is 36.5 Å². The van der Waals surface area contributed by atoms with Gasteiger partial charge >= 0.3 is 0 Å². The summed E-state index contributed by atoms with van der Waals surface area (Å²) in [5.74, 6) is 6.49. The lowest BCUT2D eigenvalue weighted by molar-refractivity contribution is 0.414. The molecule has 17 heavy (non-hydrogen) atoms. The van der Waals surface area contributed by atoms with E-state index in [1.54, 1.807) is 13.3 Å². The van der Waals surface area contributed by atoms with Crippen molar-refractivity contribution in [3.63, 3.8) is 0 Å². The number of methoxy groups -OCH3 is 1. The molecule has 6 heteroatoms. The van der Waals surface area contributed by atoms with Crippen molar-refractivity contribution in [1.29, 1.82) is 0 Å². The zero-order valence-corrected chi connectivity index (χ0v) is 10.1. The van der Waals surface area contributed by atoms with Crippen molar-refractivity contribution >= 4 is 17.7 Å². The first-order chi connectivity index (χ1) is 8.31. The van der Waals surface area contributed by atoms with E-state index in [1.807, 2.05) is 30.3 Å². The Hall–Kier alpha value is -1.79. The average molecular weight is 248 g/mol. The van der Waals surface area contributed by atoms with Gasteiger partial charge in [-0.05, 0) is 30.3 Å². The van der Waals surface area contributed by atoms with Gasteiger partial charge < -0.3 is 4.74 Å². The molecule has 0 atom stereocenters. The number of nitrogens with two attached hydrogens (primary N) is 1. The zero-order valence-electron chi connectivity index (χ0n) is 9.25. The number of nitrogen functional groups attached to an aromatic ring is 1. The summed E-state index contributed by atoms with van der Waals surface area (Å²) in [7, 11) is 1.64. The molecule has 0 saturated carbocycles. The summed E-state index contributed by atoms with van der Waals surface area (Å²) in [6.45, 7) is 0. The van der Waals surface area contributed by atoms with E-state index in [0.29, 0.717) is 5.95 Å². The van der Waals surface area contributed by atoms with Crippen LogP contribution in [0.15, 0.2) is 46.5 Å². The second-order valence-electron chi connectivity index (χ2n) is 3.14. The smallest absolute Gasteiger partial charge is 0.238 e. The number of benzene rings is 1. The number of rotatable bonds is 4. The van der Waals surface area contributed by atoms with Gasteiger partial charge in [0.05, 0.1) is 7.11 Å². The van der Waals surface area contributed by atoms with Gasteiger partial charge in [-0.2, -0.15) is 0 Å². The Kier molecular flexibility index (Phi) is 3.79. The molecule has 88 valence electrons. The summed E-state index contributed by atoms with van der Waals surface area (Å²) in [5, 5.41) is 0.832. The van der Waals surface area contributed by atoms with Gasteiger partial charge in [0, 0.05) is 11.1 Å². The van der Waals surface area contributed by atoms with Crippen molar-refractivity contribution in [3.8, 4) is 5.75 Å². The minimum Gasteiger partial charge on any atom is -0.497 e. The number of aromatic nitrogens is 2. The lowest BCUT2D eigenvalue weighted by Gasteiger charge is -2.04. The standard InChI is InChI=1S/C11H12N4OS/c1-16-8-2-4-9(5-3-8)17-10-6-7-13-11(14-10)15-12/h2-7H,12H2,1H3,(H,13,14,15). The molecule has 0 radical (unpaired) electrons. The molecule has 2 aromatic rings. The summed E-state index contributed by atoms with van der Waals surface area (Å²) >= 11 is 1.53. The van der Waals surface area contributed by atoms with Crippen LogP contribution >= 0.6 is 11.8 Å². The number of hydrogen-bond acceptors (Lipinski definition) is 6. The number of anilines is 1. The Balaban J connectivity index is 2.13. The molecule has 0 saturated heterocycles. The fraction of sp³-hybridized carbons (Fsp3) is 0.0909. The van der Waals surface area contributed by atoms with Crippen LogP contribution in [-0.2, 0) is 0 Å². The van der Waals surface area contributed by atoms with Crippen LogP contribution in [0.25, 0.3) is 0 Å². The Morgan fingerprint density at radius 3 is 2.65 bits per heavy atom. The lowest BCUT2D eigenvalue weighted by atomic mass is 10.3. The van der Waals surface area contributed by atoms with Crippen molar-refractivity contribution in [2.24, 2.45) is 5.84 Å². The van der Waals surface area contributed by atoms with Gasteiger partial charge in [-0.3, -0.25) is 5.43 Å². The van der Waals surface area contributed by atoms with Crippen LogP contribution in [0, 0.1) is 0 Å². The average Bonchev–Trinajstić information content (AvgIpc) is 2.40. The van der Waals surface area contributed by atoms with E-state index in [-0.39, 0.29) is 0 Å². The van der Waals surface area contributed by atoms with E-state index in [0.717, 1.165) is 15.7 Å². The molecule has 0 fully saturated rings. The predicted molar refractivity (Wildman–Crippen MR) is 67.0 cm³/mol. The zero-order chi connectivity index (χ0) is 12.1. The highest BCUT2D eigenvalue weighted by atomic mass is 32.2. The summed E-state index contributed by atoms with van der Waals surface area (Å²) < 4.78 is 5.09. The van der Waals surface area contributed by atoms with E-state index in [4.69, 9.17) is 10.6 Å². The molecule has 3 N–H and O–H groups in total. The van der Waals surface area contributed by atoms with E-state index >= 15 is 0 Å². The maximum absolute atomic E-state index is 5.25. The highest BCUT2D eigenvalue weighted by Gasteiger charge is 2.01. The molecule has 1 aromatic heterocycles. The molecule has 5 nitrogen and oxygen atoms in total. The van der Waals surface area contributed by atoms with E-state index in [2.05, 4.69) is 15.4 Å². The van der Waals surface area contributed by atoms with Crippen molar-refractivity contribution in [2.75, 3.05) is 12.5 Å². The third-order valence-corrected chi connectivity index (χ3v) is 2.99. The first kappa shape index (κ1) is 11.7. The number of ether oxygens (including phenoxy) is 1. The molecular formula is C11H12N4OS. The molecule has 2 rings (SSSR count). The second kappa shape index (κ2) is 5.51. The monoisotopic (exact) mass is 248 g/mol. The van der Waals surface area contributed by atoms with Crippen molar-refractivity contribution in [1.82, 2.24) is 9.97 Å². The maximum atomic E-state index is 5.25. The van der Waals surface area contributed by atoms with Crippen molar-refractivity contribution < 1.29 is 4.74 Å². The lowest BCUT2D eigenvalue weighted by Crippen LogP contribution is -2.10. The Morgan fingerprint density at radius 1 is 1.24 bits per heavy atom. The molecule has 0 amide bonds. The number of nitrogens with one attached hydrogen (secondary N) is 1. The highest BCUT2D eigenvalue weighted by Crippen LogP contribution is 2.27. The topological polar surface area (TPSA) is 73.1 Å². The van der Waals surface area contributed by atoms with Crippen LogP contribution in [-0.4, -0.2) is 17.1 Å². The summed E-state index contributed by atoms with van der Waals surface area (Å²) in [5.41, 5.74) is 2.42. The first-order valence-electron chi connectivity index (χ1n) is 4.93. The number of nitrogens with zero attached hydrogens (tertiary/aromatic N) is 2. The van der Waals surface area contributed by atoms with Gasteiger partial charge in [-0.1, -0.05) is 11.8 Å². The van der Waals surface area contributed by atoms with Crippen LogP contribution < -0.4 is 16.0 Å². The van der Waals surface area contributed by atoms with E-state index < -0.39 is 0 Å². The first-order valence-corrected chi connectivity index (χ1v) is 5.75. The number of hydrogen-bond donors (Lipinski definition) is 2. The van der Waals surface area contributed by atoms with Gasteiger partial charge in [0.2, 0.25) is 5.95 Å². The quantitative estimate of drug-likeness (QED) is 0.489. The van der Waals surface area contributed by atoms with Gasteiger partial charge in [-0.15, -0.1) is 0 Å². The second-order valence-corrected chi connectivity index (χ2v) is 4.23. The maximum Gasteiger partial charge on any atom is 0.238 e. The van der Waals surface area contributed by atoms with Gasteiger partial charge in [0.1, 0.15) is 10.8 Å². The predicted octanol–water partition coefficient (Wildman–Crippen LogP) is 1.92. The molecule has 0 aliphatic carbocycles. The van der Waals surface area contributed by atoms with Gasteiger partial charge in [0.25, 0.3) is 0 Å². The summed E-state index contributed by atoms with van der Waals surface area (Å²) in [4.78, 5) is 9.24. The van der Waals surface area contributed by atoms with Crippen LogP contribution in [0.3, 0.4) is 0 Å². The largest absolute Gasteiger partial charge is 0.497 e. The highest BCUT2D eigenvalue weighted by molar-refractivity contribution is 7.99. The summed E-state index contributed by atoms with van der Waals surface area (Å²) in [6.07, 6.45) is 1.66. The molecule has 0 aliphatic heterocycles. The number of hydrazine groups is 1. The molecule has 0 unspecified atom stereocenters. The SMILES string of the molecule is COc1ccc(Sc2ccnc(NN)n2)cc1. The third kappa shape index (κ3) is 3.08.